The van der Waals surface area contributed by atoms with Gasteiger partial charge in [-0.05, 0) is 31.0 Å². The molecule has 4 nitrogen and oxygen atoms in total. The summed E-state index contributed by atoms with van der Waals surface area (Å²) < 4.78 is 0. The maximum atomic E-state index is 6.31. The number of aromatic nitrogens is 1. The van der Waals surface area contributed by atoms with Gasteiger partial charge in [0.05, 0.1) is 5.02 Å². The van der Waals surface area contributed by atoms with Gasteiger partial charge in [0.25, 0.3) is 0 Å². The predicted molar refractivity (Wildman–Crippen MR) is 80.7 cm³/mol. The highest BCUT2D eigenvalue weighted by Crippen LogP contribution is 2.27. The van der Waals surface area contributed by atoms with E-state index in [4.69, 9.17) is 17.3 Å². The van der Waals surface area contributed by atoms with Crippen LogP contribution >= 0.6 is 11.6 Å². The van der Waals surface area contributed by atoms with Crippen LogP contribution in [0, 0.1) is 0 Å². The second kappa shape index (κ2) is 6.55. The largest absolute Gasteiger partial charge is 0.355 e. The van der Waals surface area contributed by atoms with Crippen LogP contribution in [0.25, 0.3) is 0 Å². The quantitative estimate of drug-likeness (QED) is 0.919. The van der Waals surface area contributed by atoms with Crippen LogP contribution in [0.1, 0.15) is 25.3 Å². The molecule has 1 aromatic heterocycles. The lowest BCUT2D eigenvalue weighted by molar-refractivity contribution is 0.220. The molecule has 1 fully saturated rings. The first-order chi connectivity index (χ1) is 9.15. The lowest BCUT2D eigenvalue weighted by Gasteiger charge is -2.37. The molecule has 0 atom stereocenters. The van der Waals surface area contributed by atoms with Gasteiger partial charge >= 0.3 is 0 Å². The smallest absolute Gasteiger partial charge is 0.147 e. The Kier molecular flexibility index (Phi) is 5.02. The Bertz CT molecular complexity index is 416. The average molecular weight is 283 g/mol. The van der Waals surface area contributed by atoms with Crippen molar-refractivity contribution in [3.63, 3.8) is 0 Å². The third kappa shape index (κ3) is 3.38. The number of hydrogen-bond donors (Lipinski definition) is 1. The van der Waals surface area contributed by atoms with Crippen molar-refractivity contribution in [3.8, 4) is 0 Å². The Hall–Kier alpha value is -0.840. The first-order valence-electron chi connectivity index (χ1n) is 6.95. The molecule has 0 unspecified atom stereocenters. The van der Waals surface area contributed by atoms with E-state index in [1.54, 1.807) is 0 Å². The zero-order valence-corrected chi connectivity index (χ0v) is 12.5. The maximum absolute atomic E-state index is 6.31. The monoisotopic (exact) mass is 282 g/mol. The van der Waals surface area contributed by atoms with Gasteiger partial charge in [0, 0.05) is 38.9 Å². The van der Waals surface area contributed by atoms with E-state index in [0.717, 1.165) is 31.0 Å². The Morgan fingerprint density at radius 3 is 2.68 bits per heavy atom. The van der Waals surface area contributed by atoms with Gasteiger partial charge in [-0.3, -0.25) is 0 Å². The van der Waals surface area contributed by atoms with E-state index >= 15 is 0 Å². The summed E-state index contributed by atoms with van der Waals surface area (Å²) in [4.78, 5) is 9.16. The molecule has 0 amide bonds. The summed E-state index contributed by atoms with van der Waals surface area (Å²) >= 11 is 6.31. The van der Waals surface area contributed by atoms with Crippen LogP contribution < -0.4 is 10.6 Å². The van der Waals surface area contributed by atoms with Crippen molar-refractivity contribution in [2.24, 2.45) is 5.73 Å². The van der Waals surface area contributed by atoms with E-state index in [1.165, 1.54) is 12.8 Å². The predicted octanol–water partition coefficient (Wildman–Crippen LogP) is 2.11. The number of hydrogen-bond acceptors (Lipinski definition) is 4. The minimum Gasteiger partial charge on any atom is -0.355 e. The molecule has 2 N–H and O–H groups in total. The zero-order chi connectivity index (χ0) is 13.8. The van der Waals surface area contributed by atoms with Crippen LogP contribution in [0.2, 0.25) is 5.02 Å². The Morgan fingerprint density at radius 2 is 2.16 bits per heavy atom. The first-order valence-corrected chi connectivity index (χ1v) is 7.33. The summed E-state index contributed by atoms with van der Waals surface area (Å²) in [6, 6.07) is 2.44. The molecule has 5 heteroatoms. The average Bonchev–Trinajstić information content (AvgIpc) is 2.46. The van der Waals surface area contributed by atoms with Gasteiger partial charge in [0.15, 0.2) is 0 Å². The Morgan fingerprint density at radius 1 is 1.47 bits per heavy atom. The fourth-order valence-electron chi connectivity index (χ4n) is 2.64. The van der Waals surface area contributed by atoms with Gasteiger partial charge < -0.3 is 15.5 Å². The lowest BCUT2D eigenvalue weighted by atomic mass is 10.0. The number of rotatable bonds is 4. The summed E-state index contributed by atoms with van der Waals surface area (Å²) in [6.45, 7) is 6.15. The minimum atomic E-state index is 0.478. The Balaban J connectivity index is 2.05. The maximum Gasteiger partial charge on any atom is 0.147 e. The summed E-state index contributed by atoms with van der Waals surface area (Å²) in [6.07, 6.45) is 4.15. The number of piperidine rings is 1. The number of likely N-dealkylation sites (tertiary alicyclic amines) is 1. The molecular weight excluding hydrogens is 260 g/mol. The molecule has 1 aliphatic heterocycles. The third-order valence-electron chi connectivity index (χ3n) is 4.00. The highest BCUT2D eigenvalue weighted by atomic mass is 35.5. The van der Waals surface area contributed by atoms with Gasteiger partial charge in [-0.15, -0.1) is 0 Å². The molecule has 0 spiro atoms. The molecule has 2 rings (SSSR count). The van der Waals surface area contributed by atoms with Crippen LogP contribution in [0.4, 0.5) is 5.82 Å². The summed E-state index contributed by atoms with van der Waals surface area (Å²) in [5, 5.41) is 0.698. The molecule has 0 radical (unpaired) electrons. The third-order valence-corrected chi connectivity index (χ3v) is 4.28. The fourth-order valence-corrected chi connectivity index (χ4v) is 2.96. The van der Waals surface area contributed by atoms with Crippen LogP contribution in [0.5, 0.6) is 0 Å². The molecule has 2 heterocycles. The van der Waals surface area contributed by atoms with Crippen molar-refractivity contribution >= 4 is 17.4 Å². The van der Waals surface area contributed by atoms with Gasteiger partial charge in [-0.1, -0.05) is 18.5 Å². The second-order valence-corrected chi connectivity index (χ2v) is 5.54. The molecule has 106 valence electrons. The molecule has 1 aromatic rings. The molecule has 19 heavy (non-hydrogen) atoms. The van der Waals surface area contributed by atoms with Crippen LogP contribution in [0.3, 0.4) is 0 Å². The molecular formula is C14H23ClN4. The Labute approximate surface area is 120 Å². The van der Waals surface area contributed by atoms with Crippen molar-refractivity contribution < 1.29 is 0 Å². The number of anilines is 1. The van der Waals surface area contributed by atoms with Crippen LogP contribution in [-0.4, -0.2) is 42.6 Å². The zero-order valence-electron chi connectivity index (χ0n) is 11.8. The van der Waals surface area contributed by atoms with E-state index in [2.05, 4.69) is 28.8 Å². The van der Waals surface area contributed by atoms with Crippen molar-refractivity contribution in [2.75, 3.05) is 31.6 Å². The fraction of sp³-hybridized carbons (Fsp3) is 0.643. The van der Waals surface area contributed by atoms with Crippen molar-refractivity contribution in [1.29, 1.82) is 0 Å². The summed E-state index contributed by atoms with van der Waals surface area (Å²) in [5.74, 6) is 0.869. The van der Waals surface area contributed by atoms with Crippen LogP contribution in [-0.2, 0) is 6.54 Å². The summed E-state index contributed by atoms with van der Waals surface area (Å²) in [7, 11) is 2.09. The normalized spacial score (nSPS) is 17.7. The van der Waals surface area contributed by atoms with Crippen molar-refractivity contribution in [3.05, 3.63) is 22.8 Å². The van der Waals surface area contributed by atoms with E-state index in [1.807, 2.05) is 12.3 Å². The van der Waals surface area contributed by atoms with Gasteiger partial charge in [0.1, 0.15) is 5.82 Å². The molecule has 0 bridgehead atoms. The molecule has 0 aromatic carbocycles. The van der Waals surface area contributed by atoms with E-state index in [0.29, 0.717) is 17.6 Å². The number of pyridine rings is 1. The van der Waals surface area contributed by atoms with E-state index in [9.17, 15) is 0 Å². The first kappa shape index (κ1) is 14.6. The van der Waals surface area contributed by atoms with Crippen LogP contribution in [0.15, 0.2) is 12.3 Å². The molecule has 1 saturated heterocycles. The summed E-state index contributed by atoms with van der Waals surface area (Å²) in [5.41, 5.74) is 6.58. The van der Waals surface area contributed by atoms with Gasteiger partial charge in [0.2, 0.25) is 0 Å². The highest BCUT2D eigenvalue weighted by molar-refractivity contribution is 6.33. The highest BCUT2D eigenvalue weighted by Gasteiger charge is 2.23. The number of nitrogens with two attached hydrogens (primary N) is 1. The van der Waals surface area contributed by atoms with E-state index < -0.39 is 0 Å². The standard InChI is InChI=1S/C14H23ClN4/c1-3-19-6-4-12(5-7-19)18(2)14-13(15)8-11(9-16)10-17-14/h8,10,12H,3-7,9,16H2,1-2H3. The minimum absolute atomic E-state index is 0.478. The lowest BCUT2D eigenvalue weighted by Crippen LogP contribution is -2.43. The molecule has 0 saturated carbocycles. The van der Waals surface area contributed by atoms with Gasteiger partial charge in [-0.2, -0.15) is 0 Å². The second-order valence-electron chi connectivity index (χ2n) is 5.13. The van der Waals surface area contributed by atoms with Crippen molar-refractivity contribution in [2.45, 2.75) is 32.4 Å². The number of halogens is 1. The molecule has 1 aliphatic rings. The molecule has 0 aliphatic carbocycles. The van der Waals surface area contributed by atoms with E-state index in [-0.39, 0.29) is 0 Å². The topological polar surface area (TPSA) is 45.4 Å². The number of nitrogens with zero attached hydrogens (tertiary/aromatic N) is 3. The van der Waals surface area contributed by atoms with Gasteiger partial charge in [-0.25, -0.2) is 4.98 Å². The van der Waals surface area contributed by atoms with Crippen molar-refractivity contribution in [1.82, 2.24) is 9.88 Å². The SMILES string of the molecule is CCN1CCC(N(C)c2ncc(CN)cc2Cl)CC1.